The first-order chi connectivity index (χ1) is 8.15. The zero-order chi connectivity index (χ0) is 12.3. The van der Waals surface area contributed by atoms with Gasteiger partial charge in [-0.2, -0.15) is 0 Å². The number of nitrogens with zero attached hydrogens (tertiary/aromatic N) is 1. The van der Waals surface area contributed by atoms with Crippen LogP contribution in [0.3, 0.4) is 0 Å². The maximum atomic E-state index is 11.9. The minimum atomic E-state index is -0.183. The molecule has 0 atom stereocenters. The number of rotatable bonds is 2. The Labute approximate surface area is 101 Å². The van der Waals surface area contributed by atoms with Gasteiger partial charge in [0.15, 0.2) is 0 Å². The molecule has 1 amide bonds. The van der Waals surface area contributed by atoms with Crippen LogP contribution in [0.15, 0.2) is 42.6 Å². The molecule has 86 valence electrons. The van der Waals surface area contributed by atoms with Crippen LogP contribution in [0.1, 0.15) is 21.6 Å². The van der Waals surface area contributed by atoms with Crippen LogP contribution in [-0.4, -0.2) is 10.9 Å². The molecular formula is C14H14N2O. The van der Waals surface area contributed by atoms with Crippen LogP contribution in [0.5, 0.6) is 0 Å². The molecule has 0 unspecified atom stereocenters. The summed E-state index contributed by atoms with van der Waals surface area (Å²) in [4.78, 5) is 15.9. The van der Waals surface area contributed by atoms with Gasteiger partial charge in [-0.05, 0) is 43.7 Å². The fourth-order valence-electron chi connectivity index (χ4n) is 1.49. The van der Waals surface area contributed by atoms with Gasteiger partial charge in [-0.1, -0.05) is 17.7 Å². The first-order valence-electron chi connectivity index (χ1n) is 5.46. The van der Waals surface area contributed by atoms with Gasteiger partial charge in [0.05, 0.1) is 0 Å². The Bertz CT molecular complexity index is 532. The minimum Gasteiger partial charge on any atom is -0.321 e. The molecule has 0 saturated heterocycles. The summed E-state index contributed by atoms with van der Waals surface area (Å²) < 4.78 is 0. The number of benzene rings is 1. The largest absolute Gasteiger partial charge is 0.321 e. The summed E-state index contributed by atoms with van der Waals surface area (Å²) in [5, 5.41) is 2.81. The zero-order valence-corrected chi connectivity index (χ0v) is 9.90. The van der Waals surface area contributed by atoms with Gasteiger partial charge in [0, 0.05) is 11.9 Å². The summed E-state index contributed by atoms with van der Waals surface area (Å²) in [6.07, 6.45) is 1.64. The molecule has 17 heavy (non-hydrogen) atoms. The highest BCUT2D eigenvalue weighted by Crippen LogP contribution is 2.10. The second-order valence-corrected chi connectivity index (χ2v) is 4.04. The highest BCUT2D eigenvalue weighted by molar-refractivity contribution is 6.02. The molecule has 0 spiro atoms. The average molecular weight is 226 g/mol. The molecule has 0 saturated carbocycles. The lowest BCUT2D eigenvalue weighted by Gasteiger charge is -2.05. The summed E-state index contributed by atoms with van der Waals surface area (Å²) in [6, 6.07) is 11.3. The molecule has 1 aromatic heterocycles. The summed E-state index contributed by atoms with van der Waals surface area (Å²) in [5.41, 5.74) is 3.40. The van der Waals surface area contributed by atoms with Gasteiger partial charge in [0.2, 0.25) is 0 Å². The molecule has 3 heteroatoms. The minimum absolute atomic E-state index is 0.183. The molecule has 2 rings (SSSR count). The second-order valence-electron chi connectivity index (χ2n) is 4.04. The number of aryl methyl sites for hydroxylation is 2. The van der Waals surface area contributed by atoms with E-state index in [1.807, 2.05) is 44.2 Å². The van der Waals surface area contributed by atoms with Gasteiger partial charge in [-0.25, -0.2) is 0 Å². The molecule has 2 aromatic rings. The van der Waals surface area contributed by atoms with E-state index >= 15 is 0 Å². The van der Waals surface area contributed by atoms with Crippen molar-refractivity contribution in [2.24, 2.45) is 0 Å². The van der Waals surface area contributed by atoms with Crippen LogP contribution < -0.4 is 5.32 Å². The highest BCUT2D eigenvalue weighted by atomic mass is 16.1. The lowest BCUT2D eigenvalue weighted by Crippen LogP contribution is -2.13. The van der Waals surface area contributed by atoms with Crippen molar-refractivity contribution in [1.29, 1.82) is 0 Å². The molecule has 0 fully saturated rings. The van der Waals surface area contributed by atoms with E-state index in [0.29, 0.717) is 5.69 Å². The van der Waals surface area contributed by atoms with E-state index < -0.39 is 0 Å². The van der Waals surface area contributed by atoms with Gasteiger partial charge < -0.3 is 5.32 Å². The number of anilines is 1. The summed E-state index contributed by atoms with van der Waals surface area (Å²) in [7, 11) is 0. The Hall–Kier alpha value is -2.16. The average Bonchev–Trinajstić information content (AvgIpc) is 2.32. The van der Waals surface area contributed by atoms with E-state index in [-0.39, 0.29) is 5.91 Å². The van der Waals surface area contributed by atoms with Crippen LogP contribution in [0.25, 0.3) is 0 Å². The molecule has 1 N–H and O–H groups in total. The van der Waals surface area contributed by atoms with E-state index in [1.165, 1.54) is 0 Å². The van der Waals surface area contributed by atoms with Gasteiger partial charge in [0.1, 0.15) is 5.69 Å². The van der Waals surface area contributed by atoms with Crippen molar-refractivity contribution in [3.63, 3.8) is 0 Å². The van der Waals surface area contributed by atoms with Crippen molar-refractivity contribution in [2.75, 3.05) is 5.32 Å². The number of carbonyl (C=O) groups is 1. The summed E-state index contributed by atoms with van der Waals surface area (Å²) >= 11 is 0. The van der Waals surface area contributed by atoms with Crippen LogP contribution >= 0.6 is 0 Å². The predicted octanol–water partition coefficient (Wildman–Crippen LogP) is 2.95. The summed E-state index contributed by atoms with van der Waals surface area (Å²) in [5.74, 6) is -0.183. The SMILES string of the molecule is Cc1ccc(NC(=O)c2cc(C)ccn2)cc1. The van der Waals surface area contributed by atoms with Crippen molar-refractivity contribution in [1.82, 2.24) is 4.98 Å². The monoisotopic (exact) mass is 226 g/mol. The fourth-order valence-corrected chi connectivity index (χ4v) is 1.49. The fraction of sp³-hybridized carbons (Fsp3) is 0.143. The van der Waals surface area contributed by atoms with E-state index in [1.54, 1.807) is 12.3 Å². The van der Waals surface area contributed by atoms with Crippen molar-refractivity contribution in [3.8, 4) is 0 Å². The standard InChI is InChI=1S/C14H14N2O/c1-10-3-5-12(6-4-10)16-14(17)13-9-11(2)7-8-15-13/h3-9H,1-2H3,(H,16,17). The third-order valence-corrected chi connectivity index (χ3v) is 2.46. The molecular weight excluding hydrogens is 212 g/mol. The number of nitrogens with one attached hydrogen (secondary N) is 1. The maximum absolute atomic E-state index is 11.9. The van der Waals surface area contributed by atoms with Crippen LogP contribution in [0.4, 0.5) is 5.69 Å². The highest BCUT2D eigenvalue weighted by Gasteiger charge is 2.06. The Balaban J connectivity index is 2.14. The van der Waals surface area contributed by atoms with E-state index in [2.05, 4.69) is 10.3 Å². The molecule has 3 nitrogen and oxygen atoms in total. The molecule has 0 radical (unpaired) electrons. The molecule has 1 aromatic carbocycles. The zero-order valence-electron chi connectivity index (χ0n) is 9.90. The number of pyridine rings is 1. The lowest BCUT2D eigenvalue weighted by atomic mass is 10.2. The van der Waals surface area contributed by atoms with Crippen molar-refractivity contribution >= 4 is 11.6 Å². The number of hydrogen-bond acceptors (Lipinski definition) is 2. The number of carbonyl (C=O) groups excluding carboxylic acids is 1. The topological polar surface area (TPSA) is 42.0 Å². The Morgan fingerprint density at radius 3 is 2.41 bits per heavy atom. The normalized spacial score (nSPS) is 10.0. The molecule has 0 aliphatic heterocycles. The van der Waals surface area contributed by atoms with E-state index in [0.717, 1.165) is 16.8 Å². The van der Waals surface area contributed by atoms with Crippen molar-refractivity contribution in [2.45, 2.75) is 13.8 Å². The van der Waals surface area contributed by atoms with E-state index in [4.69, 9.17) is 0 Å². The molecule has 0 aliphatic rings. The quantitative estimate of drug-likeness (QED) is 0.855. The Morgan fingerprint density at radius 1 is 1.06 bits per heavy atom. The Morgan fingerprint density at radius 2 is 1.76 bits per heavy atom. The number of hydrogen-bond donors (Lipinski definition) is 1. The molecule has 0 bridgehead atoms. The van der Waals surface area contributed by atoms with E-state index in [9.17, 15) is 4.79 Å². The lowest BCUT2D eigenvalue weighted by molar-refractivity contribution is 0.102. The third kappa shape index (κ3) is 2.91. The van der Waals surface area contributed by atoms with Crippen molar-refractivity contribution < 1.29 is 4.79 Å². The van der Waals surface area contributed by atoms with Crippen LogP contribution in [-0.2, 0) is 0 Å². The Kier molecular flexibility index (Phi) is 3.19. The molecule has 1 heterocycles. The third-order valence-electron chi connectivity index (χ3n) is 2.46. The van der Waals surface area contributed by atoms with Gasteiger partial charge in [-0.3, -0.25) is 9.78 Å². The first kappa shape index (κ1) is 11.3. The summed E-state index contributed by atoms with van der Waals surface area (Å²) in [6.45, 7) is 3.94. The predicted molar refractivity (Wildman–Crippen MR) is 68.1 cm³/mol. The maximum Gasteiger partial charge on any atom is 0.274 e. The van der Waals surface area contributed by atoms with Crippen LogP contribution in [0.2, 0.25) is 0 Å². The first-order valence-corrected chi connectivity index (χ1v) is 5.46. The van der Waals surface area contributed by atoms with Gasteiger partial charge >= 0.3 is 0 Å². The van der Waals surface area contributed by atoms with Crippen molar-refractivity contribution in [3.05, 3.63) is 59.4 Å². The van der Waals surface area contributed by atoms with Gasteiger partial charge in [-0.15, -0.1) is 0 Å². The number of amides is 1. The number of aromatic nitrogens is 1. The second kappa shape index (κ2) is 4.78. The van der Waals surface area contributed by atoms with Gasteiger partial charge in [0.25, 0.3) is 5.91 Å². The molecule has 0 aliphatic carbocycles. The van der Waals surface area contributed by atoms with Crippen LogP contribution in [0, 0.1) is 13.8 Å². The smallest absolute Gasteiger partial charge is 0.274 e.